The molecule has 1 aliphatic rings. The molecule has 1 aromatic heterocycles. The van der Waals surface area contributed by atoms with Crippen LogP contribution < -0.4 is 14.8 Å². The largest absolute Gasteiger partial charge is 0.497 e. The van der Waals surface area contributed by atoms with Crippen LogP contribution in [-0.4, -0.2) is 50.9 Å². The molecule has 0 saturated carbocycles. The van der Waals surface area contributed by atoms with Crippen LogP contribution in [0.2, 0.25) is 0 Å². The third kappa shape index (κ3) is 5.50. The van der Waals surface area contributed by atoms with Crippen LogP contribution in [0.5, 0.6) is 11.5 Å². The Balaban J connectivity index is 1.52. The molecule has 2 heterocycles. The van der Waals surface area contributed by atoms with E-state index < -0.39 is 15.9 Å². The zero-order chi connectivity index (χ0) is 25.2. The number of hydrogen-bond acceptors (Lipinski definition) is 7. The number of methoxy groups -OCH3 is 2. The first-order chi connectivity index (χ1) is 16.7. The SMILES string of the molecule is COc1ccc(-c2csc(NC(=O)c3cccc(S(=O)(=O)N4CC(C)CC(C)C4)c3)n2)c(OC)c1. The summed E-state index contributed by atoms with van der Waals surface area (Å²) in [7, 11) is -0.535. The van der Waals surface area contributed by atoms with Crippen LogP contribution in [0.4, 0.5) is 5.13 Å². The number of amides is 1. The molecular weight excluding hydrogens is 486 g/mol. The number of hydrogen-bond donors (Lipinski definition) is 1. The van der Waals surface area contributed by atoms with E-state index in [4.69, 9.17) is 9.47 Å². The Morgan fingerprint density at radius 1 is 1.09 bits per heavy atom. The number of carbonyl (C=O) groups excluding carboxylic acids is 1. The van der Waals surface area contributed by atoms with E-state index in [1.165, 1.54) is 27.8 Å². The summed E-state index contributed by atoms with van der Waals surface area (Å²) in [5.74, 6) is 1.43. The van der Waals surface area contributed by atoms with Gasteiger partial charge in [0.1, 0.15) is 11.5 Å². The fourth-order valence-electron chi connectivity index (χ4n) is 4.38. The Morgan fingerprint density at radius 2 is 1.83 bits per heavy atom. The number of piperidine rings is 1. The van der Waals surface area contributed by atoms with Crippen molar-refractivity contribution in [3.05, 3.63) is 53.4 Å². The van der Waals surface area contributed by atoms with Crippen molar-refractivity contribution in [2.24, 2.45) is 11.8 Å². The zero-order valence-electron chi connectivity index (χ0n) is 20.1. The summed E-state index contributed by atoms with van der Waals surface area (Å²) in [5, 5.41) is 4.99. The highest BCUT2D eigenvalue weighted by molar-refractivity contribution is 7.89. The van der Waals surface area contributed by atoms with Crippen LogP contribution >= 0.6 is 11.3 Å². The summed E-state index contributed by atoms with van der Waals surface area (Å²) >= 11 is 1.27. The Labute approximate surface area is 210 Å². The molecule has 8 nitrogen and oxygen atoms in total. The van der Waals surface area contributed by atoms with Crippen LogP contribution in [0.15, 0.2) is 52.7 Å². The van der Waals surface area contributed by atoms with Gasteiger partial charge in [-0.1, -0.05) is 19.9 Å². The van der Waals surface area contributed by atoms with E-state index in [9.17, 15) is 13.2 Å². The second-order valence-electron chi connectivity index (χ2n) is 8.85. The molecule has 186 valence electrons. The van der Waals surface area contributed by atoms with E-state index in [1.807, 2.05) is 17.5 Å². The standard InChI is InChI=1S/C25H29N3O5S2/c1-16-10-17(2)14-28(13-16)35(30,31)20-7-5-6-18(11-20)24(29)27-25-26-22(15-34-25)21-9-8-19(32-3)12-23(21)33-4/h5-9,11-12,15-17H,10,13-14H2,1-4H3,(H,26,27,29). The third-order valence-electron chi connectivity index (χ3n) is 5.98. The first-order valence-electron chi connectivity index (χ1n) is 11.3. The summed E-state index contributed by atoms with van der Waals surface area (Å²) in [6.45, 7) is 5.09. The van der Waals surface area contributed by atoms with Crippen LogP contribution in [-0.2, 0) is 10.0 Å². The molecular formula is C25H29N3O5S2. The van der Waals surface area contributed by atoms with Gasteiger partial charge >= 0.3 is 0 Å². The van der Waals surface area contributed by atoms with Crippen LogP contribution in [0.1, 0.15) is 30.6 Å². The average molecular weight is 516 g/mol. The summed E-state index contributed by atoms with van der Waals surface area (Å²) in [6.07, 6.45) is 1.01. The summed E-state index contributed by atoms with van der Waals surface area (Å²) in [4.78, 5) is 17.6. The van der Waals surface area contributed by atoms with E-state index >= 15 is 0 Å². The minimum Gasteiger partial charge on any atom is -0.497 e. The molecule has 1 saturated heterocycles. The fourth-order valence-corrected chi connectivity index (χ4v) is 6.81. The van der Waals surface area contributed by atoms with E-state index in [0.717, 1.165) is 12.0 Å². The van der Waals surface area contributed by atoms with Gasteiger partial charge in [-0.25, -0.2) is 13.4 Å². The highest BCUT2D eigenvalue weighted by Crippen LogP contribution is 2.35. The van der Waals surface area contributed by atoms with Gasteiger partial charge in [-0.3, -0.25) is 10.1 Å². The normalized spacial score (nSPS) is 18.7. The van der Waals surface area contributed by atoms with Crippen LogP contribution in [0, 0.1) is 11.8 Å². The lowest BCUT2D eigenvalue weighted by Crippen LogP contribution is -2.42. The lowest BCUT2D eigenvalue weighted by molar-refractivity contribution is 0.102. The Bertz CT molecular complexity index is 1310. The maximum atomic E-state index is 13.2. The van der Waals surface area contributed by atoms with Crippen molar-refractivity contribution >= 4 is 32.4 Å². The van der Waals surface area contributed by atoms with Crippen LogP contribution in [0.3, 0.4) is 0 Å². The molecule has 3 aromatic rings. The topological polar surface area (TPSA) is 97.8 Å². The van der Waals surface area contributed by atoms with Crippen molar-refractivity contribution in [1.82, 2.24) is 9.29 Å². The number of aromatic nitrogens is 1. The van der Waals surface area contributed by atoms with Gasteiger partial charge in [-0.05, 0) is 48.6 Å². The first-order valence-corrected chi connectivity index (χ1v) is 13.6. The molecule has 0 radical (unpaired) electrons. The molecule has 0 bridgehead atoms. The van der Waals surface area contributed by atoms with E-state index in [-0.39, 0.29) is 10.5 Å². The number of anilines is 1. The Kier molecular flexibility index (Phi) is 7.44. The second kappa shape index (κ2) is 10.3. The molecule has 35 heavy (non-hydrogen) atoms. The van der Waals surface area contributed by atoms with Gasteiger partial charge in [-0.15, -0.1) is 11.3 Å². The summed E-state index contributed by atoms with van der Waals surface area (Å²) in [5.41, 5.74) is 1.67. The van der Waals surface area contributed by atoms with Gasteiger partial charge in [0.25, 0.3) is 5.91 Å². The van der Waals surface area contributed by atoms with E-state index in [0.29, 0.717) is 47.2 Å². The van der Waals surface area contributed by atoms with Crippen molar-refractivity contribution < 1.29 is 22.7 Å². The highest BCUT2D eigenvalue weighted by atomic mass is 32.2. The van der Waals surface area contributed by atoms with Gasteiger partial charge in [0.15, 0.2) is 5.13 Å². The summed E-state index contributed by atoms with van der Waals surface area (Å²) in [6, 6.07) is 11.6. The molecule has 1 amide bonds. The minimum absolute atomic E-state index is 0.120. The Hall–Kier alpha value is -2.95. The summed E-state index contributed by atoms with van der Waals surface area (Å²) < 4.78 is 38.7. The van der Waals surface area contributed by atoms with Gasteiger partial charge in [0.2, 0.25) is 10.0 Å². The fraction of sp³-hybridized carbons (Fsp3) is 0.360. The van der Waals surface area contributed by atoms with Crippen molar-refractivity contribution in [1.29, 1.82) is 0 Å². The number of ether oxygens (including phenoxy) is 2. The molecule has 1 fully saturated rings. The maximum Gasteiger partial charge on any atom is 0.257 e. The third-order valence-corrected chi connectivity index (χ3v) is 8.56. The number of nitrogens with one attached hydrogen (secondary N) is 1. The number of nitrogens with zero attached hydrogens (tertiary/aromatic N) is 2. The molecule has 0 spiro atoms. The smallest absolute Gasteiger partial charge is 0.257 e. The van der Waals surface area contributed by atoms with Crippen molar-refractivity contribution in [2.75, 3.05) is 32.6 Å². The number of rotatable bonds is 7. The molecule has 4 rings (SSSR count). The molecule has 1 N–H and O–H groups in total. The molecule has 0 aliphatic carbocycles. The molecule has 10 heteroatoms. The molecule has 2 aromatic carbocycles. The number of benzene rings is 2. The minimum atomic E-state index is -3.69. The lowest BCUT2D eigenvalue weighted by atomic mass is 9.94. The molecule has 2 unspecified atom stereocenters. The molecule has 1 aliphatic heterocycles. The highest BCUT2D eigenvalue weighted by Gasteiger charge is 2.32. The van der Waals surface area contributed by atoms with E-state index in [1.54, 1.807) is 32.4 Å². The van der Waals surface area contributed by atoms with Crippen LogP contribution in [0.25, 0.3) is 11.3 Å². The van der Waals surface area contributed by atoms with Gasteiger partial charge in [-0.2, -0.15) is 4.31 Å². The van der Waals surface area contributed by atoms with Crippen molar-refractivity contribution in [2.45, 2.75) is 25.2 Å². The number of sulfonamides is 1. The quantitative estimate of drug-likeness (QED) is 0.488. The van der Waals surface area contributed by atoms with Gasteiger partial charge in [0, 0.05) is 35.7 Å². The van der Waals surface area contributed by atoms with Gasteiger partial charge in [0.05, 0.1) is 24.8 Å². The average Bonchev–Trinajstić information content (AvgIpc) is 3.31. The number of carbonyl (C=O) groups is 1. The second-order valence-corrected chi connectivity index (χ2v) is 11.7. The Morgan fingerprint density at radius 3 is 2.51 bits per heavy atom. The number of thiazole rings is 1. The van der Waals surface area contributed by atoms with Gasteiger partial charge < -0.3 is 9.47 Å². The first kappa shape index (κ1) is 25.2. The predicted molar refractivity (Wildman–Crippen MR) is 137 cm³/mol. The lowest BCUT2D eigenvalue weighted by Gasteiger charge is -2.34. The van der Waals surface area contributed by atoms with Crippen molar-refractivity contribution in [3.63, 3.8) is 0 Å². The maximum absolute atomic E-state index is 13.2. The van der Waals surface area contributed by atoms with E-state index in [2.05, 4.69) is 24.1 Å². The monoisotopic (exact) mass is 515 g/mol. The zero-order valence-corrected chi connectivity index (χ0v) is 21.8. The molecule has 2 atom stereocenters. The predicted octanol–water partition coefficient (Wildman–Crippen LogP) is 4.75. The van der Waals surface area contributed by atoms with Crippen molar-refractivity contribution in [3.8, 4) is 22.8 Å².